The van der Waals surface area contributed by atoms with Crippen LogP contribution in [0.4, 0.5) is 22.0 Å². The third-order valence-corrected chi connectivity index (χ3v) is 3.09. The molecule has 2 amide bonds. The second-order valence-electron chi connectivity index (χ2n) is 4.70. The first-order chi connectivity index (χ1) is 12.3. The van der Waals surface area contributed by atoms with Crippen LogP contribution in [-0.2, 0) is 0 Å². The van der Waals surface area contributed by atoms with Crippen molar-refractivity contribution in [2.75, 3.05) is 0 Å². The Kier molecular flexibility index (Phi) is 5.62. The Balaban J connectivity index is 2.22. The van der Waals surface area contributed by atoms with Gasteiger partial charge in [0.25, 0.3) is 11.8 Å². The maximum Gasteiger partial charge on any atom is 0.274 e. The molecule has 136 valence electrons. The van der Waals surface area contributed by atoms with Crippen LogP contribution in [0.25, 0.3) is 0 Å². The van der Waals surface area contributed by atoms with Crippen LogP contribution in [0.3, 0.4) is 0 Å². The lowest BCUT2D eigenvalue weighted by Gasteiger charge is -2.05. The van der Waals surface area contributed by atoms with Crippen molar-refractivity contribution in [3.05, 3.63) is 70.0 Å². The summed E-state index contributed by atoms with van der Waals surface area (Å²) in [4.78, 5) is 23.1. The third-order valence-electron chi connectivity index (χ3n) is 3.09. The predicted molar refractivity (Wildman–Crippen MR) is 77.0 cm³/mol. The Morgan fingerprint density at radius 3 is 1.92 bits per heavy atom. The average Bonchev–Trinajstić information content (AvgIpc) is 2.66. The van der Waals surface area contributed by atoms with E-state index in [-0.39, 0.29) is 17.3 Å². The molecule has 2 rings (SSSR count). The van der Waals surface area contributed by atoms with Crippen LogP contribution in [0.15, 0.2) is 29.4 Å². The van der Waals surface area contributed by atoms with Gasteiger partial charge >= 0.3 is 0 Å². The molecule has 11 heteroatoms. The van der Waals surface area contributed by atoms with Crippen LogP contribution < -0.4 is 10.9 Å². The van der Waals surface area contributed by atoms with Gasteiger partial charge in [-0.2, -0.15) is 5.10 Å². The monoisotopic (exact) mass is 373 g/mol. The molecular formula is C15H8F5N3O3. The quantitative estimate of drug-likeness (QED) is 0.192. The Labute approximate surface area is 141 Å². The van der Waals surface area contributed by atoms with E-state index in [0.717, 1.165) is 6.07 Å². The number of hydroxylamine groups is 1. The third kappa shape index (κ3) is 3.67. The zero-order chi connectivity index (χ0) is 19.4. The minimum absolute atomic E-state index is 0.0797. The molecule has 0 heterocycles. The maximum atomic E-state index is 13.4. The molecule has 0 aromatic heterocycles. The van der Waals surface area contributed by atoms with Crippen molar-refractivity contribution in [2.45, 2.75) is 0 Å². The van der Waals surface area contributed by atoms with Crippen molar-refractivity contribution in [2.24, 2.45) is 5.10 Å². The molecular weight excluding hydrogens is 365 g/mol. The molecule has 0 bridgehead atoms. The highest BCUT2D eigenvalue weighted by atomic mass is 19.2. The number of benzene rings is 2. The molecule has 3 N–H and O–H groups in total. The summed E-state index contributed by atoms with van der Waals surface area (Å²) in [6.07, 6.45) is 0.248. The standard InChI is InChI=1S/C15H8F5N3O3/c16-9-8(10(17)12(19)13(20)11(9)18)5-21-22-14(24)6-2-1-3-7(4-6)15(25)23-26/h1-5,26H,(H,22,24)(H,23,25)/b21-5+. The Morgan fingerprint density at radius 1 is 0.885 bits per heavy atom. The Bertz CT molecular complexity index is 889. The second kappa shape index (κ2) is 7.70. The number of rotatable bonds is 4. The lowest BCUT2D eigenvalue weighted by atomic mass is 10.1. The summed E-state index contributed by atoms with van der Waals surface area (Å²) in [6, 6.07) is 4.89. The van der Waals surface area contributed by atoms with E-state index in [1.807, 2.05) is 0 Å². The van der Waals surface area contributed by atoms with Gasteiger partial charge in [-0.3, -0.25) is 14.8 Å². The van der Waals surface area contributed by atoms with Crippen molar-refractivity contribution in [3.63, 3.8) is 0 Å². The van der Waals surface area contributed by atoms with E-state index in [4.69, 9.17) is 5.21 Å². The van der Waals surface area contributed by atoms with Crippen molar-refractivity contribution >= 4 is 18.0 Å². The minimum Gasteiger partial charge on any atom is -0.288 e. The molecule has 2 aromatic rings. The van der Waals surface area contributed by atoms with Gasteiger partial charge in [0.15, 0.2) is 23.3 Å². The van der Waals surface area contributed by atoms with Crippen LogP contribution in [-0.4, -0.2) is 23.2 Å². The zero-order valence-corrected chi connectivity index (χ0v) is 12.5. The molecule has 2 aromatic carbocycles. The fraction of sp³-hybridized carbons (Fsp3) is 0. The predicted octanol–water partition coefficient (Wildman–Crippen LogP) is 2.27. The second-order valence-corrected chi connectivity index (χ2v) is 4.70. The first-order valence-electron chi connectivity index (χ1n) is 6.67. The lowest BCUT2D eigenvalue weighted by molar-refractivity contribution is 0.0706. The summed E-state index contributed by atoms with van der Waals surface area (Å²) >= 11 is 0. The van der Waals surface area contributed by atoms with E-state index in [2.05, 4.69) is 5.10 Å². The first-order valence-corrected chi connectivity index (χ1v) is 6.67. The summed E-state index contributed by atoms with van der Waals surface area (Å²) in [6.45, 7) is 0. The average molecular weight is 373 g/mol. The molecule has 0 aliphatic carbocycles. The number of halogens is 5. The van der Waals surface area contributed by atoms with Crippen molar-refractivity contribution < 1.29 is 36.7 Å². The molecule has 0 aliphatic heterocycles. The molecule has 0 aliphatic rings. The molecule has 0 fully saturated rings. The molecule has 0 saturated carbocycles. The largest absolute Gasteiger partial charge is 0.288 e. The molecule has 0 spiro atoms. The van der Waals surface area contributed by atoms with Crippen LogP contribution >= 0.6 is 0 Å². The highest BCUT2D eigenvalue weighted by molar-refractivity contribution is 5.99. The van der Waals surface area contributed by atoms with Gasteiger partial charge in [0, 0.05) is 11.1 Å². The smallest absolute Gasteiger partial charge is 0.274 e. The number of amides is 2. The summed E-state index contributed by atoms with van der Waals surface area (Å²) in [7, 11) is 0. The number of hydrogen-bond donors (Lipinski definition) is 3. The Morgan fingerprint density at radius 2 is 1.38 bits per heavy atom. The van der Waals surface area contributed by atoms with Gasteiger partial charge in [-0.25, -0.2) is 32.9 Å². The van der Waals surface area contributed by atoms with E-state index in [9.17, 15) is 31.5 Å². The number of nitrogens with one attached hydrogen (secondary N) is 2. The van der Waals surface area contributed by atoms with Gasteiger partial charge in [-0.1, -0.05) is 6.07 Å². The summed E-state index contributed by atoms with van der Waals surface area (Å²) < 4.78 is 65.9. The Hall–Kier alpha value is -3.34. The van der Waals surface area contributed by atoms with E-state index in [1.54, 1.807) is 5.43 Å². The van der Waals surface area contributed by atoms with E-state index in [0.29, 0.717) is 0 Å². The zero-order valence-electron chi connectivity index (χ0n) is 12.5. The van der Waals surface area contributed by atoms with Crippen molar-refractivity contribution in [1.29, 1.82) is 0 Å². The normalized spacial score (nSPS) is 10.8. The number of nitrogens with zero attached hydrogens (tertiary/aromatic N) is 1. The lowest BCUT2D eigenvalue weighted by Crippen LogP contribution is -2.21. The van der Waals surface area contributed by atoms with Crippen molar-refractivity contribution in [3.8, 4) is 0 Å². The molecule has 0 atom stereocenters. The number of hydrogen-bond acceptors (Lipinski definition) is 4. The first kappa shape index (κ1) is 19.0. The van der Waals surface area contributed by atoms with Crippen LogP contribution in [0.5, 0.6) is 0 Å². The number of carbonyl (C=O) groups is 2. The topological polar surface area (TPSA) is 90.8 Å². The number of carbonyl (C=O) groups excluding carboxylic acids is 2. The van der Waals surface area contributed by atoms with E-state index >= 15 is 0 Å². The van der Waals surface area contributed by atoms with Gasteiger partial charge in [0.2, 0.25) is 5.82 Å². The van der Waals surface area contributed by atoms with Crippen molar-refractivity contribution in [1.82, 2.24) is 10.9 Å². The highest BCUT2D eigenvalue weighted by Crippen LogP contribution is 2.21. The van der Waals surface area contributed by atoms with E-state index in [1.165, 1.54) is 23.7 Å². The summed E-state index contributed by atoms with van der Waals surface area (Å²) in [5.74, 6) is -12.7. The number of hydrazone groups is 1. The minimum atomic E-state index is -2.32. The maximum absolute atomic E-state index is 13.4. The molecule has 0 radical (unpaired) electrons. The highest BCUT2D eigenvalue weighted by Gasteiger charge is 2.24. The van der Waals surface area contributed by atoms with Crippen LogP contribution in [0, 0.1) is 29.1 Å². The molecule has 0 unspecified atom stereocenters. The summed E-state index contributed by atoms with van der Waals surface area (Å²) in [5.41, 5.74) is 1.62. The van der Waals surface area contributed by atoms with Gasteiger partial charge in [0.1, 0.15) is 0 Å². The fourth-order valence-electron chi connectivity index (χ4n) is 1.82. The van der Waals surface area contributed by atoms with Crippen LogP contribution in [0.1, 0.15) is 26.3 Å². The van der Waals surface area contributed by atoms with E-state index < -0.39 is 46.5 Å². The van der Waals surface area contributed by atoms with Gasteiger partial charge in [0.05, 0.1) is 11.8 Å². The summed E-state index contributed by atoms with van der Waals surface area (Å²) in [5, 5.41) is 11.7. The molecule has 26 heavy (non-hydrogen) atoms. The molecule has 0 saturated heterocycles. The SMILES string of the molecule is O=C(NO)c1cccc(C(=O)N/N=C/c2c(F)c(F)c(F)c(F)c2F)c1. The van der Waals surface area contributed by atoms with Gasteiger partial charge in [-0.05, 0) is 18.2 Å². The van der Waals surface area contributed by atoms with Gasteiger partial charge in [-0.15, -0.1) is 0 Å². The van der Waals surface area contributed by atoms with Crippen LogP contribution in [0.2, 0.25) is 0 Å². The van der Waals surface area contributed by atoms with Gasteiger partial charge < -0.3 is 0 Å². The molecule has 6 nitrogen and oxygen atoms in total. The fourth-order valence-corrected chi connectivity index (χ4v) is 1.82.